The smallest absolute Gasteiger partial charge is 1.00 e. The zero-order valence-corrected chi connectivity index (χ0v) is 23.4. The molecule has 1 unspecified atom stereocenters. The average Bonchev–Trinajstić information content (AvgIpc) is 3.46. The molecular formula is C20H35ILiNO4S3+2. The van der Waals surface area contributed by atoms with Crippen LogP contribution in [0.1, 0.15) is 33.2 Å². The molecule has 2 aromatic rings. The molecule has 2 rings (SSSR count). The number of esters is 2. The Morgan fingerprint density at radius 2 is 1.73 bits per heavy atom. The molecule has 2 aromatic heterocycles. The van der Waals surface area contributed by atoms with Crippen molar-refractivity contribution in [3.63, 3.8) is 0 Å². The number of thiophene rings is 2. The van der Waals surface area contributed by atoms with E-state index in [1.807, 2.05) is 40.6 Å². The number of ether oxygens (including phenoxy) is 2. The van der Waals surface area contributed by atoms with Crippen molar-refractivity contribution in [2.75, 3.05) is 30.3 Å². The van der Waals surface area contributed by atoms with Gasteiger partial charge in [-0.3, -0.25) is 15.0 Å². The van der Waals surface area contributed by atoms with Gasteiger partial charge in [-0.2, -0.15) is 35.3 Å². The molecule has 5 nitrogen and oxygen atoms in total. The monoisotopic (exact) mass is 584 g/mol. The van der Waals surface area contributed by atoms with Crippen molar-refractivity contribution in [1.29, 1.82) is 0 Å². The number of hydrogen-bond donors (Lipinski definition) is 2. The Morgan fingerprint density at radius 1 is 1.23 bits per heavy atom. The number of hydrogen-bond acceptors (Lipinski definition) is 7. The van der Waals surface area contributed by atoms with Crippen LogP contribution in [0.3, 0.4) is 0 Å². The molecule has 0 amide bonds. The molecule has 0 spiro atoms. The van der Waals surface area contributed by atoms with Crippen LogP contribution in [0.4, 0.5) is 0 Å². The van der Waals surface area contributed by atoms with Crippen molar-refractivity contribution in [2.24, 2.45) is 0 Å². The first kappa shape index (κ1) is 34.3. The van der Waals surface area contributed by atoms with Crippen LogP contribution >= 0.6 is 35.3 Å². The third-order valence-corrected chi connectivity index (χ3v) is 4.43. The van der Waals surface area contributed by atoms with Gasteiger partial charge in [-0.1, -0.05) is 6.92 Å². The minimum atomic E-state index is -0.182. The standard InChI is InChI=1S/C9H12O2S.C7H8O2S.C2H6I.CH3N.CH4S.Li.H/c1-3-8(9(10)11-2)7-4-5-12-6-7;1-9-7(8)4-6-2-3-10-5-6;1-3-2;2*1-2;;/h4-6,8H,3H2,1-2H3;2-3,5H,4H2,1H3;1-2H3;2H,1H2;2H,1H3;;/q;;+1;;;+1;-1/p+1/i;;;;1D;;. The van der Waals surface area contributed by atoms with E-state index in [0.29, 0.717) is 27.6 Å². The summed E-state index contributed by atoms with van der Waals surface area (Å²) in [7, 11) is 2.83. The number of carbonyl (C=O) groups is 2. The van der Waals surface area contributed by atoms with Gasteiger partial charge >= 0.3 is 30.8 Å². The number of rotatable bonds is 5. The molecule has 0 bridgehead atoms. The predicted molar refractivity (Wildman–Crippen MR) is 126 cm³/mol. The fourth-order valence-electron chi connectivity index (χ4n) is 1.79. The second kappa shape index (κ2) is 28.7. The van der Waals surface area contributed by atoms with E-state index in [1.165, 1.54) is 14.2 Å². The molecule has 0 radical (unpaired) electrons. The maximum Gasteiger partial charge on any atom is 1.00 e. The van der Waals surface area contributed by atoms with Crippen LogP contribution in [-0.4, -0.2) is 49.0 Å². The van der Waals surface area contributed by atoms with E-state index in [1.54, 1.807) is 22.7 Å². The summed E-state index contributed by atoms with van der Waals surface area (Å²) < 4.78 is 15.3. The summed E-state index contributed by atoms with van der Waals surface area (Å²) in [5.74, 6) is -0.407. The first-order chi connectivity index (χ1) is 14.4. The van der Waals surface area contributed by atoms with Crippen molar-refractivity contribution in [1.82, 2.24) is 0 Å². The van der Waals surface area contributed by atoms with Gasteiger partial charge in [0.15, 0.2) is 0 Å². The molecule has 30 heavy (non-hydrogen) atoms. The Bertz CT molecular complexity index is 622. The molecule has 10 heteroatoms. The van der Waals surface area contributed by atoms with Crippen LogP contribution in [0.15, 0.2) is 33.7 Å². The summed E-state index contributed by atoms with van der Waals surface area (Å²) in [5.41, 5.74) is 2.09. The predicted octanol–water partition coefficient (Wildman–Crippen LogP) is -2.68. The first-order valence-electron chi connectivity index (χ1n) is 8.98. The Hall–Kier alpha value is -0.313. The maximum absolute atomic E-state index is 11.2. The molecule has 1 atom stereocenters. The zero-order valence-electron chi connectivity index (χ0n) is 20.7. The largest absolute Gasteiger partial charge is 1.00 e. The Balaban J connectivity index is -0.000000110. The molecular weight excluding hydrogens is 548 g/mol. The van der Waals surface area contributed by atoms with Gasteiger partial charge in [-0.15, -0.1) is 0 Å². The van der Waals surface area contributed by atoms with E-state index in [-0.39, 0.29) is 44.4 Å². The van der Waals surface area contributed by atoms with Gasteiger partial charge < -0.3 is 10.9 Å². The van der Waals surface area contributed by atoms with E-state index in [2.05, 4.69) is 39.4 Å². The molecule has 0 saturated heterocycles. The number of halogens is 1. The van der Waals surface area contributed by atoms with E-state index in [0.717, 1.165) is 17.5 Å². The van der Waals surface area contributed by atoms with E-state index >= 15 is 0 Å². The fraction of sp³-hybridized carbons (Fsp3) is 0.450. The molecule has 0 fully saturated rings. The normalized spacial score (nSPS) is 9.47. The second-order valence-corrected chi connectivity index (χ2v) is 8.52. The SMILES string of the molecule is C=[NH2+].CCC(C(=O)OC)c1ccsc1.COC(=O)Cc1ccsc1.C[I+]C.[2H]CS.[H-].[Li+]. The van der Waals surface area contributed by atoms with Crippen molar-refractivity contribution < 1.29 is 67.3 Å². The summed E-state index contributed by atoms with van der Waals surface area (Å²) in [5, 5.41) is 12.1. The van der Waals surface area contributed by atoms with Gasteiger partial charge in [0.2, 0.25) is 0 Å². The van der Waals surface area contributed by atoms with Crippen LogP contribution in [0.25, 0.3) is 0 Å². The van der Waals surface area contributed by atoms with E-state index < -0.39 is 0 Å². The van der Waals surface area contributed by atoms with Crippen molar-refractivity contribution in [2.45, 2.75) is 25.7 Å². The van der Waals surface area contributed by atoms with Crippen molar-refractivity contribution >= 4 is 54.0 Å². The zero-order chi connectivity index (χ0) is 23.8. The van der Waals surface area contributed by atoms with E-state index in [4.69, 9.17) is 6.11 Å². The van der Waals surface area contributed by atoms with Crippen molar-refractivity contribution in [3.8, 4) is 0 Å². The molecule has 0 aliphatic heterocycles. The van der Waals surface area contributed by atoms with Crippen LogP contribution in [0.2, 0.25) is 0 Å². The third kappa shape index (κ3) is 19.6. The number of thiol groups is 1. The third-order valence-electron chi connectivity index (χ3n) is 3.00. The summed E-state index contributed by atoms with van der Waals surface area (Å²) >= 11 is 7.23. The van der Waals surface area contributed by atoms with Gasteiger partial charge in [-0.05, 0) is 57.4 Å². The van der Waals surface area contributed by atoms with Crippen LogP contribution in [0, 0.1) is 0 Å². The van der Waals surface area contributed by atoms with Gasteiger partial charge in [0, 0.05) is 1.37 Å². The topological polar surface area (TPSA) is 78.2 Å². The summed E-state index contributed by atoms with van der Waals surface area (Å²) in [4.78, 5) is 26.4. The summed E-state index contributed by atoms with van der Waals surface area (Å²) in [6, 6.07) is 3.89. The van der Waals surface area contributed by atoms with Gasteiger partial charge in [0.1, 0.15) is 16.6 Å². The molecule has 2 heterocycles. The van der Waals surface area contributed by atoms with Gasteiger partial charge in [-0.25, -0.2) is 0 Å². The fourth-order valence-corrected chi connectivity index (χ4v) is 3.17. The number of nitrogens with two attached hydrogens (primary N) is 1. The molecule has 0 aromatic carbocycles. The maximum atomic E-state index is 11.2. The van der Waals surface area contributed by atoms with Crippen LogP contribution in [-0.2, 0) is 25.5 Å². The van der Waals surface area contributed by atoms with E-state index in [9.17, 15) is 9.59 Å². The van der Waals surface area contributed by atoms with Gasteiger partial charge in [0.05, 0.1) is 26.6 Å². The molecule has 168 valence electrons. The molecule has 0 aliphatic rings. The van der Waals surface area contributed by atoms with Crippen molar-refractivity contribution in [3.05, 3.63) is 44.8 Å². The van der Waals surface area contributed by atoms with Gasteiger partial charge in [0.25, 0.3) is 21.2 Å². The number of methoxy groups -OCH3 is 2. The Kier molecular flexibility index (Phi) is 32.8. The summed E-state index contributed by atoms with van der Waals surface area (Å²) in [6.45, 7) is 4.74. The minimum absolute atomic E-state index is 0. The minimum Gasteiger partial charge on any atom is -1.00 e. The summed E-state index contributed by atoms with van der Waals surface area (Å²) in [6.07, 6.45) is 1.38. The molecule has 0 saturated carbocycles. The average molecular weight is 585 g/mol. The Morgan fingerprint density at radius 3 is 2.07 bits per heavy atom. The quantitative estimate of drug-likeness (QED) is 0.100. The number of carbonyl (C=O) groups excluding carboxylic acids is 2. The molecule has 0 aliphatic carbocycles. The second-order valence-electron chi connectivity index (χ2n) is 4.80. The Labute approximate surface area is 220 Å². The first-order valence-corrected chi connectivity index (χ1v) is 15.1. The van der Waals surface area contributed by atoms with Crippen LogP contribution in [0.5, 0.6) is 0 Å². The van der Waals surface area contributed by atoms with Crippen LogP contribution < -0.4 is 45.5 Å². The molecule has 2 N–H and O–H groups in total. The number of alkyl halides is 2.